The first kappa shape index (κ1) is 13.1. The first-order valence-electron chi connectivity index (χ1n) is 4.78. The van der Waals surface area contributed by atoms with E-state index in [4.69, 9.17) is 16.3 Å². The van der Waals surface area contributed by atoms with Crippen LogP contribution in [-0.2, 0) is 0 Å². The highest BCUT2D eigenvalue weighted by Gasteiger charge is 2.32. The third kappa shape index (κ3) is 4.28. The molecule has 0 unspecified atom stereocenters. The van der Waals surface area contributed by atoms with Crippen molar-refractivity contribution in [1.29, 1.82) is 0 Å². The van der Waals surface area contributed by atoms with Crippen LogP contribution in [0.1, 0.15) is 6.42 Å². The number of rotatable bonds is 1. The Hall–Kier alpha value is -0.940. The fourth-order valence-electron chi connectivity index (χ4n) is 1.15. The van der Waals surface area contributed by atoms with E-state index in [0.29, 0.717) is 17.4 Å². The summed E-state index contributed by atoms with van der Waals surface area (Å²) in [4.78, 5) is 3.84. The van der Waals surface area contributed by atoms with E-state index in [-0.39, 0.29) is 13.0 Å². The number of aromatic nitrogens is 1. The van der Waals surface area contributed by atoms with Crippen molar-refractivity contribution in [3.63, 3.8) is 0 Å². The van der Waals surface area contributed by atoms with Gasteiger partial charge in [0.05, 0.1) is 13.7 Å². The molecule has 16 heavy (non-hydrogen) atoms. The van der Waals surface area contributed by atoms with Gasteiger partial charge in [0.15, 0.2) is 0 Å². The molecule has 1 N–H and O–H groups in total. The highest BCUT2D eigenvalue weighted by atomic mass is 35.5. The van der Waals surface area contributed by atoms with Crippen molar-refractivity contribution < 1.29 is 13.5 Å². The lowest BCUT2D eigenvalue weighted by molar-refractivity contribution is 0.0238. The van der Waals surface area contributed by atoms with E-state index in [2.05, 4.69) is 10.3 Å². The van der Waals surface area contributed by atoms with E-state index in [1.807, 2.05) is 0 Å². The maximum absolute atomic E-state index is 11.9. The van der Waals surface area contributed by atoms with Crippen molar-refractivity contribution in [2.75, 3.05) is 20.2 Å². The molecule has 2 heterocycles. The summed E-state index contributed by atoms with van der Waals surface area (Å²) in [5, 5.41) is 3.10. The minimum atomic E-state index is -2.42. The van der Waals surface area contributed by atoms with Crippen LogP contribution in [0.3, 0.4) is 0 Å². The second-order valence-electron chi connectivity index (χ2n) is 3.28. The second-order valence-corrected chi connectivity index (χ2v) is 3.68. The largest absolute Gasteiger partial charge is 0.480 e. The number of nitrogens with one attached hydrogen (secondary N) is 1. The fraction of sp³-hybridized carbons (Fsp3) is 0.500. The van der Waals surface area contributed by atoms with Gasteiger partial charge in [-0.15, -0.1) is 0 Å². The predicted molar refractivity (Wildman–Crippen MR) is 58.2 cm³/mol. The van der Waals surface area contributed by atoms with E-state index >= 15 is 0 Å². The topological polar surface area (TPSA) is 34.1 Å². The normalized spacial score (nSPS) is 17.5. The molecule has 1 aromatic heterocycles. The van der Waals surface area contributed by atoms with Crippen LogP contribution < -0.4 is 10.1 Å². The minimum absolute atomic E-state index is 0.00694. The standard InChI is InChI=1S/C6H6ClNO.C4H7F2N/c1-9-6-5(7)3-2-4-8-6;5-4(6)1-2-7-3-4/h2-4H,1H3;7H,1-3H2. The van der Waals surface area contributed by atoms with Crippen molar-refractivity contribution in [2.45, 2.75) is 12.3 Å². The SMILES string of the molecule is COc1ncccc1Cl.FC1(F)CCNC1. The molecule has 6 heteroatoms. The molecule has 0 bridgehead atoms. The highest BCUT2D eigenvalue weighted by molar-refractivity contribution is 6.31. The molecule has 0 radical (unpaired) electrons. The summed E-state index contributed by atoms with van der Waals surface area (Å²) < 4.78 is 28.6. The van der Waals surface area contributed by atoms with Gasteiger partial charge >= 0.3 is 0 Å². The van der Waals surface area contributed by atoms with Gasteiger partial charge in [0, 0.05) is 19.2 Å². The van der Waals surface area contributed by atoms with Gasteiger partial charge in [0.1, 0.15) is 5.02 Å². The first-order chi connectivity index (χ1) is 7.55. The van der Waals surface area contributed by atoms with Crippen molar-refractivity contribution in [3.8, 4) is 5.88 Å². The van der Waals surface area contributed by atoms with Crippen LogP contribution in [0.5, 0.6) is 5.88 Å². The van der Waals surface area contributed by atoms with E-state index in [1.165, 1.54) is 7.11 Å². The Morgan fingerprint density at radius 2 is 2.31 bits per heavy atom. The van der Waals surface area contributed by atoms with E-state index in [9.17, 15) is 8.78 Å². The number of hydrogen-bond acceptors (Lipinski definition) is 3. The number of ether oxygens (including phenoxy) is 1. The third-order valence-corrected chi connectivity index (χ3v) is 2.26. The molecule has 3 nitrogen and oxygen atoms in total. The third-order valence-electron chi connectivity index (χ3n) is 1.97. The molecule has 0 spiro atoms. The zero-order valence-corrected chi connectivity index (χ0v) is 9.60. The Morgan fingerprint density at radius 1 is 1.56 bits per heavy atom. The second kappa shape index (κ2) is 5.96. The molecule has 90 valence electrons. The van der Waals surface area contributed by atoms with Gasteiger partial charge in [-0.2, -0.15) is 0 Å². The van der Waals surface area contributed by atoms with Crippen molar-refractivity contribution in [3.05, 3.63) is 23.4 Å². The molecule has 0 amide bonds. The molecule has 1 saturated heterocycles. The summed E-state index contributed by atoms with van der Waals surface area (Å²) >= 11 is 5.64. The monoisotopic (exact) mass is 250 g/mol. The van der Waals surface area contributed by atoms with Crippen LogP contribution >= 0.6 is 11.6 Å². The van der Waals surface area contributed by atoms with Gasteiger partial charge in [-0.1, -0.05) is 11.6 Å². The van der Waals surface area contributed by atoms with Crippen molar-refractivity contribution >= 4 is 11.6 Å². The van der Waals surface area contributed by atoms with Gasteiger partial charge in [-0.25, -0.2) is 13.8 Å². The number of halogens is 3. The minimum Gasteiger partial charge on any atom is -0.480 e. The average molecular weight is 251 g/mol. The Morgan fingerprint density at radius 3 is 2.62 bits per heavy atom. The number of alkyl halides is 2. The summed E-state index contributed by atoms with van der Waals surface area (Å²) in [7, 11) is 1.54. The van der Waals surface area contributed by atoms with E-state index < -0.39 is 5.92 Å². The quantitative estimate of drug-likeness (QED) is 0.831. The van der Waals surface area contributed by atoms with Crippen LogP contribution in [0.15, 0.2) is 18.3 Å². The van der Waals surface area contributed by atoms with Gasteiger partial charge in [0.2, 0.25) is 5.88 Å². The maximum atomic E-state index is 11.9. The van der Waals surface area contributed by atoms with E-state index in [1.54, 1.807) is 18.3 Å². The van der Waals surface area contributed by atoms with Gasteiger partial charge in [-0.05, 0) is 12.1 Å². The predicted octanol–water partition coefficient (Wildman–Crippen LogP) is 2.36. The molecule has 0 atom stereocenters. The van der Waals surface area contributed by atoms with Crippen LogP contribution in [-0.4, -0.2) is 31.1 Å². The molecule has 2 rings (SSSR count). The molecule has 0 aliphatic carbocycles. The summed E-state index contributed by atoms with van der Waals surface area (Å²) in [6, 6.07) is 3.48. The molecule has 1 aliphatic heterocycles. The van der Waals surface area contributed by atoms with Crippen LogP contribution in [0.4, 0.5) is 8.78 Å². The number of hydrogen-bond donors (Lipinski definition) is 1. The summed E-state index contributed by atoms with van der Waals surface area (Å²) in [6.45, 7) is 0.333. The average Bonchev–Trinajstić information content (AvgIpc) is 2.65. The number of nitrogens with zero attached hydrogens (tertiary/aromatic N) is 1. The zero-order chi connectivity index (χ0) is 12.0. The van der Waals surface area contributed by atoms with Gasteiger partial charge in [-0.3, -0.25) is 0 Å². The lowest BCUT2D eigenvalue weighted by Crippen LogP contribution is -2.18. The fourth-order valence-corrected chi connectivity index (χ4v) is 1.35. The summed E-state index contributed by atoms with van der Waals surface area (Å²) in [6.07, 6.45) is 1.64. The number of pyridine rings is 1. The smallest absolute Gasteiger partial charge is 0.261 e. The molecule has 1 aliphatic rings. The lowest BCUT2D eigenvalue weighted by atomic mass is 10.3. The van der Waals surface area contributed by atoms with Crippen molar-refractivity contribution in [1.82, 2.24) is 10.3 Å². The van der Waals surface area contributed by atoms with Crippen LogP contribution in [0.2, 0.25) is 5.02 Å². The first-order valence-corrected chi connectivity index (χ1v) is 5.16. The summed E-state index contributed by atoms with van der Waals surface area (Å²) in [5.41, 5.74) is 0. The lowest BCUT2D eigenvalue weighted by Gasteiger charge is -2.02. The van der Waals surface area contributed by atoms with Gasteiger partial charge < -0.3 is 10.1 Å². The zero-order valence-electron chi connectivity index (χ0n) is 8.84. The van der Waals surface area contributed by atoms with E-state index in [0.717, 1.165) is 0 Å². The molecule has 1 aromatic rings. The number of methoxy groups -OCH3 is 1. The Kier molecular flexibility index (Phi) is 4.89. The summed E-state index contributed by atoms with van der Waals surface area (Å²) in [5.74, 6) is -1.95. The highest BCUT2D eigenvalue weighted by Crippen LogP contribution is 2.20. The van der Waals surface area contributed by atoms with Gasteiger partial charge in [0.25, 0.3) is 5.92 Å². The molecular formula is C10H13ClF2N2O. The van der Waals surface area contributed by atoms with Crippen LogP contribution in [0.25, 0.3) is 0 Å². The Balaban J connectivity index is 0.000000165. The molecular weight excluding hydrogens is 238 g/mol. The Bertz CT molecular complexity index is 328. The van der Waals surface area contributed by atoms with Crippen molar-refractivity contribution in [2.24, 2.45) is 0 Å². The molecule has 1 fully saturated rings. The molecule has 0 saturated carbocycles. The Labute approximate surface area is 97.8 Å². The van der Waals surface area contributed by atoms with Crippen LogP contribution in [0, 0.1) is 0 Å². The molecule has 0 aromatic carbocycles. The maximum Gasteiger partial charge on any atom is 0.261 e.